The summed E-state index contributed by atoms with van der Waals surface area (Å²) in [6.45, 7) is 0. The Hall–Kier alpha value is -1.92. The fraction of sp³-hybridized carbons (Fsp3) is 0.368. The molecule has 0 unspecified atom stereocenters. The zero-order valence-electron chi connectivity index (χ0n) is 15.8. The van der Waals surface area contributed by atoms with Crippen LogP contribution in [0.1, 0.15) is 24.0 Å². The highest BCUT2D eigenvalue weighted by Crippen LogP contribution is 2.54. The molecule has 1 fully saturated rings. The van der Waals surface area contributed by atoms with Crippen LogP contribution in [-0.2, 0) is 20.3 Å². The Morgan fingerprint density at radius 1 is 0.812 bits per heavy atom. The van der Waals surface area contributed by atoms with Crippen molar-refractivity contribution in [2.24, 2.45) is 5.73 Å². The largest absolute Gasteiger partial charge is 0.435 e. The van der Waals surface area contributed by atoms with Gasteiger partial charge in [-0.3, -0.25) is 0 Å². The first kappa shape index (κ1) is 26.3. The average molecular weight is 510 g/mol. The maximum absolute atomic E-state index is 14.2. The third kappa shape index (κ3) is 3.86. The highest BCUT2D eigenvalue weighted by molar-refractivity contribution is 7.92. The minimum absolute atomic E-state index is 0. The van der Waals surface area contributed by atoms with Crippen LogP contribution in [0.25, 0.3) is 0 Å². The van der Waals surface area contributed by atoms with E-state index in [9.17, 15) is 43.5 Å². The molecule has 0 aliphatic heterocycles. The van der Waals surface area contributed by atoms with Crippen LogP contribution in [0, 0.1) is 5.82 Å². The van der Waals surface area contributed by atoms with Gasteiger partial charge < -0.3 is 5.73 Å². The number of halogens is 9. The summed E-state index contributed by atoms with van der Waals surface area (Å²) < 4.78 is 130. The fourth-order valence-electron chi connectivity index (χ4n) is 3.73. The lowest BCUT2D eigenvalue weighted by molar-refractivity contribution is -0.348. The van der Waals surface area contributed by atoms with Gasteiger partial charge in [0.25, 0.3) is 0 Å². The summed E-state index contributed by atoms with van der Waals surface area (Å²) in [6.07, 6.45) is -12.9. The van der Waals surface area contributed by atoms with E-state index in [-0.39, 0.29) is 47.8 Å². The molecule has 3 nitrogen and oxygen atoms in total. The average Bonchev–Trinajstić information content (AvgIpc) is 2.63. The predicted octanol–water partition coefficient (Wildman–Crippen LogP) is 5.33. The van der Waals surface area contributed by atoms with Crippen molar-refractivity contribution in [2.75, 3.05) is 0 Å². The molecule has 0 saturated heterocycles. The number of hydrogen-bond donors (Lipinski definition) is 1. The van der Waals surface area contributed by atoms with Crippen molar-refractivity contribution in [1.82, 2.24) is 0 Å². The molecular weight excluding hydrogens is 494 g/mol. The van der Waals surface area contributed by atoms with E-state index in [1.54, 1.807) is 0 Å². The minimum atomic E-state index is -6.29. The van der Waals surface area contributed by atoms with Crippen LogP contribution >= 0.6 is 12.4 Å². The van der Waals surface area contributed by atoms with Crippen LogP contribution in [0.15, 0.2) is 53.4 Å². The smallest absolute Gasteiger partial charge is 0.328 e. The number of hydrogen-bond acceptors (Lipinski definition) is 3. The molecule has 2 aromatic rings. The van der Waals surface area contributed by atoms with Gasteiger partial charge in [-0.25, -0.2) is 17.2 Å². The normalized spacial score (nSPS) is 22.1. The molecule has 0 bridgehead atoms. The molecule has 0 spiro atoms. The van der Waals surface area contributed by atoms with Gasteiger partial charge in [0, 0.05) is 11.6 Å². The molecule has 1 aliphatic rings. The summed E-state index contributed by atoms with van der Waals surface area (Å²) in [4.78, 5) is -0.296. The quantitative estimate of drug-likeness (QED) is 0.448. The van der Waals surface area contributed by atoms with E-state index in [4.69, 9.17) is 5.73 Å². The highest BCUT2D eigenvalue weighted by Gasteiger charge is 2.73. The molecule has 1 aliphatic carbocycles. The molecule has 0 aromatic heterocycles. The van der Waals surface area contributed by atoms with E-state index in [1.807, 2.05) is 0 Å². The second kappa shape index (κ2) is 8.14. The van der Waals surface area contributed by atoms with Gasteiger partial charge in [-0.1, -0.05) is 24.3 Å². The van der Waals surface area contributed by atoms with Gasteiger partial charge in [-0.05, 0) is 42.7 Å². The zero-order chi connectivity index (χ0) is 23.5. The molecular formula is C19H16ClF8NO2S. The Morgan fingerprint density at radius 3 is 1.62 bits per heavy atom. The number of sulfone groups is 1. The summed E-state index contributed by atoms with van der Waals surface area (Å²) in [5.74, 6) is -0.707. The summed E-state index contributed by atoms with van der Waals surface area (Å²) in [6, 6.07) is 5.14. The van der Waals surface area contributed by atoms with Gasteiger partial charge in [0.2, 0.25) is 0 Å². The molecule has 2 aromatic carbocycles. The Labute approximate surface area is 183 Å². The summed E-state index contributed by atoms with van der Waals surface area (Å²) >= 11 is 0. The summed E-state index contributed by atoms with van der Waals surface area (Å²) in [5, 5.41) is 0. The first-order valence-corrected chi connectivity index (χ1v) is 10.2. The van der Waals surface area contributed by atoms with Crippen molar-refractivity contribution in [3.63, 3.8) is 0 Å². The standard InChI is InChI=1S/C19H15F8NO2S.ClH/c20-13-5-7-15(8-6-13)31(29,30)16(9-14(28)10-16)11-1-3-12(4-2-11)17(21,18(22,23)24)19(25,26)27;/h1-8,14H,9-10,28H2;1H. The molecule has 1 saturated carbocycles. The SMILES string of the molecule is Cl.NC1CC(c2ccc(C(F)(C(F)(F)F)C(F)(F)F)cc2)(S(=O)(=O)c2ccc(F)cc2)C1. The molecule has 13 heteroatoms. The number of rotatable bonds is 4. The lowest BCUT2D eigenvalue weighted by Crippen LogP contribution is -2.54. The van der Waals surface area contributed by atoms with Gasteiger partial charge in [-0.15, -0.1) is 12.4 Å². The highest BCUT2D eigenvalue weighted by atomic mass is 35.5. The topological polar surface area (TPSA) is 60.2 Å². The van der Waals surface area contributed by atoms with E-state index in [2.05, 4.69) is 0 Å². The van der Waals surface area contributed by atoms with Crippen LogP contribution in [0.4, 0.5) is 35.1 Å². The minimum Gasteiger partial charge on any atom is -0.328 e. The van der Waals surface area contributed by atoms with Gasteiger partial charge >= 0.3 is 18.0 Å². The monoisotopic (exact) mass is 509 g/mol. The van der Waals surface area contributed by atoms with E-state index in [1.165, 1.54) is 0 Å². The van der Waals surface area contributed by atoms with Crippen LogP contribution in [0.5, 0.6) is 0 Å². The Kier molecular flexibility index (Phi) is 6.70. The fourth-order valence-corrected chi connectivity index (χ4v) is 5.99. The van der Waals surface area contributed by atoms with Crippen LogP contribution in [-0.4, -0.2) is 26.8 Å². The molecule has 178 valence electrons. The third-order valence-electron chi connectivity index (χ3n) is 5.41. The molecule has 2 N–H and O–H groups in total. The Morgan fingerprint density at radius 2 is 1.25 bits per heavy atom. The van der Waals surface area contributed by atoms with Crippen molar-refractivity contribution in [3.8, 4) is 0 Å². The second-order valence-corrected chi connectivity index (χ2v) is 9.61. The molecule has 32 heavy (non-hydrogen) atoms. The molecule has 3 rings (SSSR count). The molecule has 0 amide bonds. The van der Waals surface area contributed by atoms with E-state index < -0.39 is 50.0 Å². The summed E-state index contributed by atoms with van der Waals surface area (Å²) in [7, 11) is -4.26. The first-order chi connectivity index (χ1) is 14.1. The van der Waals surface area contributed by atoms with E-state index in [0.717, 1.165) is 24.3 Å². The Balaban J connectivity index is 0.00000363. The van der Waals surface area contributed by atoms with Crippen molar-refractivity contribution in [3.05, 3.63) is 65.5 Å². The summed E-state index contributed by atoms with van der Waals surface area (Å²) in [5.41, 5.74) is -1.78. The molecule has 0 atom stereocenters. The third-order valence-corrected chi connectivity index (χ3v) is 7.90. The zero-order valence-corrected chi connectivity index (χ0v) is 17.5. The number of nitrogens with two attached hydrogens (primary N) is 1. The number of benzene rings is 2. The van der Waals surface area contributed by atoms with Gasteiger partial charge in [0.05, 0.1) is 4.90 Å². The van der Waals surface area contributed by atoms with Gasteiger partial charge in [-0.2, -0.15) is 26.3 Å². The number of alkyl halides is 7. The van der Waals surface area contributed by atoms with E-state index >= 15 is 0 Å². The maximum Gasteiger partial charge on any atom is 0.435 e. The van der Waals surface area contributed by atoms with Crippen LogP contribution < -0.4 is 5.73 Å². The van der Waals surface area contributed by atoms with Crippen molar-refractivity contribution < 1.29 is 43.5 Å². The van der Waals surface area contributed by atoms with Gasteiger partial charge in [0.15, 0.2) is 9.84 Å². The van der Waals surface area contributed by atoms with Crippen LogP contribution in [0.2, 0.25) is 0 Å². The van der Waals surface area contributed by atoms with Gasteiger partial charge in [0.1, 0.15) is 10.6 Å². The van der Waals surface area contributed by atoms with Crippen molar-refractivity contribution in [2.45, 2.75) is 46.5 Å². The van der Waals surface area contributed by atoms with E-state index in [0.29, 0.717) is 12.1 Å². The predicted molar refractivity (Wildman–Crippen MR) is 101 cm³/mol. The molecule has 0 radical (unpaired) electrons. The lowest BCUT2D eigenvalue weighted by Gasteiger charge is -2.45. The van der Waals surface area contributed by atoms with Crippen molar-refractivity contribution >= 4 is 22.2 Å². The maximum atomic E-state index is 14.2. The molecule has 0 heterocycles. The lowest BCUT2D eigenvalue weighted by atomic mass is 9.74. The second-order valence-electron chi connectivity index (χ2n) is 7.35. The van der Waals surface area contributed by atoms with Crippen molar-refractivity contribution in [1.29, 1.82) is 0 Å². The first-order valence-electron chi connectivity index (χ1n) is 8.75. The Bertz CT molecular complexity index is 1050. The van der Waals surface area contributed by atoms with Crippen LogP contribution in [0.3, 0.4) is 0 Å².